The minimum absolute atomic E-state index is 0.0541. The van der Waals surface area contributed by atoms with Gasteiger partial charge in [-0.3, -0.25) is 14.9 Å². The van der Waals surface area contributed by atoms with Crippen molar-refractivity contribution in [1.29, 1.82) is 5.26 Å². The number of carbonyl (C=O) groups excluding carboxylic acids is 2. The Morgan fingerprint density at radius 1 is 1.21 bits per heavy atom. The smallest absolute Gasteiger partial charge is 0.349 e. The molecule has 0 heterocycles. The van der Waals surface area contributed by atoms with Gasteiger partial charge >= 0.3 is 11.7 Å². The van der Waals surface area contributed by atoms with Crippen LogP contribution in [0.2, 0.25) is 0 Å². The number of rotatable bonds is 8. The van der Waals surface area contributed by atoms with Gasteiger partial charge in [0.25, 0.3) is 5.91 Å². The minimum atomic E-state index is -0.880. The summed E-state index contributed by atoms with van der Waals surface area (Å²) < 4.78 is 15.5. The molecule has 0 saturated heterocycles. The molecule has 2 rings (SSSR count). The van der Waals surface area contributed by atoms with Crippen molar-refractivity contribution in [1.82, 2.24) is 0 Å². The van der Waals surface area contributed by atoms with E-state index in [9.17, 15) is 19.7 Å². The summed E-state index contributed by atoms with van der Waals surface area (Å²) in [5.41, 5.74) is 4.97. The van der Waals surface area contributed by atoms with Gasteiger partial charge in [0, 0.05) is 6.07 Å². The number of nitro groups is 1. The predicted octanol–water partition coefficient (Wildman–Crippen LogP) is 1.98. The lowest BCUT2D eigenvalue weighted by Crippen LogP contribution is -2.18. The number of nitrogens with zero attached hydrogens (tertiary/aromatic N) is 2. The van der Waals surface area contributed by atoms with E-state index in [0.717, 1.165) is 0 Å². The van der Waals surface area contributed by atoms with Crippen molar-refractivity contribution in [2.45, 2.75) is 0 Å². The lowest BCUT2D eigenvalue weighted by Gasteiger charge is -2.11. The third kappa shape index (κ3) is 5.54. The number of methoxy groups -OCH3 is 1. The van der Waals surface area contributed by atoms with E-state index in [0.29, 0.717) is 5.56 Å². The zero-order valence-electron chi connectivity index (χ0n) is 15.2. The maximum atomic E-state index is 12.0. The number of para-hydroxylation sites is 2. The summed E-state index contributed by atoms with van der Waals surface area (Å²) in [6, 6.07) is 11.6. The first-order valence-electron chi connectivity index (χ1n) is 8.02. The number of nitrogens with two attached hydrogens (primary N) is 1. The highest BCUT2D eigenvalue weighted by Gasteiger charge is 2.17. The number of benzene rings is 2. The molecule has 0 unspecified atom stereocenters. The van der Waals surface area contributed by atoms with Crippen LogP contribution >= 0.6 is 0 Å². The summed E-state index contributed by atoms with van der Waals surface area (Å²) in [5, 5.41) is 19.8. The van der Waals surface area contributed by atoms with Gasteiger partial charge in [0.1, 0.15) is 11.6 Å². The second-order valence-corrected chi connectivity index (χ2v) is 5.43. The van der Waals surface area contributed by atoms with E-state index in [1.165, 1.54) is 55.7 Å². The van der Waals surface area contributed by atoms with Crippen molar-refractivity contribution in [2.24, 2.45) is 5.73 Å². The van der Waals surface area contributed by atoms with Gasteiger partial charge in [-0.15, -0.1) is 0 Å². The van der Waals surface area contributed by atoms with Crippen molar-refractivity contribution in [3.05, 3.63) is 63.7 Å². The first-order valence-corrected chi connectivity index (χ1v) is 8.02. The van der Waals surface area contributed by atoms with Crippen LogP contribution < -0.4 is 19.9 Å². The molecule has 0 saturated carbocycles. The monoisotopic (exact) mass is 397 g/mol. The van der Waals surface area contributed by atoms with E-state index >= 15 is 0 Å². The summed E-state index contributed by atoms with van der Waals surface area (Å²) in [5.74, 6) is -1.57. The SMILES string of the molecule is COc1cc(/C=C(\C#N)C(N)=O)ccc1OC(=O)COc1ccccc1[N+](=O)[O-]. The molecule has 0 radical (unpaired) electrons. The Morgan fingerprint density at radius 2 is 1.93 bits per heavy atom. The Bertz CT molecular complexity index is 1020. The average molecular weight is 397 g/mol. The summed E-state index contributed by atoms with van der Waals surface area (Å²) in [7, 11) is 1.34. The summed E-state index contributed by atoms with van der Waals surface area (Å²) >= 11 is 0. The molecular formula is C19H15N3O7. The Kier molecular flexibility index (Phi) is 6.86. The minimum Gasteiger partial charge on any atom is -0.493 e. The topological polar surface area (TPSA) is 155 Å². The van der Waals surface area contributed by atoms with Crippen molar-refractivity contribution in [3.8, 4) is 23.3 Å². The molecule has 1 amide bonds. The van der Waals surface area contributed by atoms with Crippen molar-refractivity contribution >= 4 is 23.6 Å². The van der Waals surface area contributed by atoms with Crippen LogP contribution in [0, 0.1) is 21.4 Å². The standard InChI is InChI=1S/C19H15N3O7/c1-27-17-9-12(8-13(10-20)19(21)24)6-7-16(17)29-18(23)11-28-15-5-3-2-4-14(15)22(25)26/h2-9H,11H2,1H3,(H2,21,24)/b13-8+. The predicted molar refractivity (Wildman–Crippen MR) is 100 cm³/mol. The molecule has 148 valence electrons. The van der Waals surface area contributed by atoms with E-state index in [4.69, 9.17) is 25.2 Å². The van der Waals surface area contributed by atoms with Gasteiger partial charge in [-0.1, -0.05) is 18.2 Å². The second kappa shape index (κ2) is 9.52. The van der Waals surface area contributed by atoms with Crippen LogP contribution in [0.4, 0.5) is 5.69 Å². The highest BCUT2D eigenvalue weighted by atomic mass is 16.6. The molecule has 0 spiro atoms. The maximum Gasteiger partial charge on any atom is 0.349 e. The van der Waals surface area contributed by atoms with Crippen LogP contribution in [0.1, 0.15) is 5.56 Å². The number of nitro benzene ring substituents is 1. The molecule has 0 bridgehead atoms. The number of hydrogen-bond donors (Lipinski definition) is 1. The molecule has 29 heavy (non-hydrogen) atoms. The Balaban J connectivity index is 2.12. The second-order valence-electron chi connectivity index (χ2n) is 5.43. The van der Waals surface area contributed by atoms with Gasteiger partial charge in [0.15, 0.2) is 23.9 Å². The molecule has 0 aliphatic carbocycles. The van der Waals surface area contributed by atoms with E-state index in [1.54, 1.807) is 6.07 Å². The molecule has 0 fully saturated rings. The van der Waals surface area contributed by atoms with Crippen LogP contribution in [-0.4, -0.2) is 30.5 Å². The first kappa shape index (κ1) is 20.9. The van der Waals surface area contributed by atoms with Gasteiger partial charge in [-0.25, -0.2) is 4.79 Å². The third-order valence-electron chi connectivity index (χ3n) is 3.52. The molecule has 10 nitrogen and oxygen atoms in total. The molecule has 0 atom stereocenters. The number of hydrogen-bond acceptors (Lipinski definition) is 8. The van der Waals surface area contributed by atoms with Gasteiger partial charge < -0.3 is 19.9 Å². The molecule has 2 N–H and O–H groups in total. The average Bonchev–Trinajstić information content (AvgIpc) is 2.71. The number of amides is 1. The third-order valence-corrected chi connectivity index (χ3v) is 3.52. The van der Waals surface area contributed by atoms with Crippen LogP contribution in [0.15, 0.2) is 48.0 Å². The summed E-state index contributed by atoms with van der Waals surface area (Å²) in [4.78, 5) is 33.5. The van der Waals surface area contributed by atoms with Crippen molar-refractivity contribution < 1.29 is 28.7 Å². The molecule has 2 aromatic rings. The van der Waals surface area contributed by atoms with Crippen LogP contribution in [0.3, 0.4) is 0 Å². The molecule has 0 aliphatic heterocycles. The zero-order valence-corrected chi connectivity index (χ0v) is 15.2. The first-order chi connectivity index (χ1) is 13.8. The highest BCUT2D eigenvalue weighted by Crippen LogP contribution is 2.30. The van der Waals surface area contributed by atoms with Gasteiger partial charge in [-0.2, -0.15) is 5.26 Å². The van der Waals surface area contributed by atoms with Gasteiger partial charge in [0.05, 0.1) is 12.0 Å². The summed E-state index contributed by atoms with van der Waals surface area (Å²) in [6.45, 7) is -0.573. The molecule has 0 aliphatic rings. The zero-order chi connectivity index (χ0) is 21.4. The van der Waals surface area contributed by atoms with Crippen LogP contribution in [0.5, 0.6) is 17.2 Å². The molecule has 0 aromatic heterocycles. The summed E-state index contributed by atoms with van der Waals surface area (Å²) in [6.07, 6.45) is 1.26. The number of ether oxygens (including phenoxy) is 3. The van der Waals surface area contributed by atoms with E-state index in [-0.39, 0.29) is 28.5 Å². The lowest BCUT2D eigenvalue weighted by atomic mass is 10.1. The van der Waals surface area contributed by atoms with Crippen LogP contribution in [-0.2, 0) is 9.59 Å². The molecule has 10 heteroatoms. The fourth-order valence-electron chi connectivity index (χ4n) is 2.20. The normalized spacial score (nSPS) is 10.6. The molecular weight excluding hydrogens is 382 g/mol. The largest absolute Gasteiger partial charge is 0.493 e. The Morgan fingerprint density at radius 3 is 2.55 bits per heavy atom. The van der Waals surface area contributed by atoms with Gasteiger partial charge in [-0.05, 0) is 29.8 Å². The van der Waals surface area contributed by atoms with Crippen molar-refractivity contribution in [2.75, 3.05) is 13.7 Å². The highest BCUT2D eigenvalue weighted by molar-refractivity contribution is 6.00. The fraction of sp³-hybridized carbons (Fsp3) is 0.105. The van der Waals surface area contributed by atoms with E-state index in [1.807, 2.05) is 0 Å². The van der Waals surface area contributed by atoms with E-state index < -0.39 is 23.4 Å². The number of esters is 1. The number of primary amides is 1. The lowest BCUT2D eigenvalue weighted by molar-refractivity contribution is -0.385. The van der Waals surface area contributed by atoms with Crippen molar-refractivity contribution in [3.63, 3.8) is 0 Å². The Labute approximate surface area is 164 Å². The number of nitriles is 1. The quantitative estimate of drug-likeness (QED) is 0.177. The van der Waals surface area contributed by atoms with Crippen LogP contribution in [0.25, 0.3) is 6.08 Å². The van der Waals surface area contributed by atoms with Gasteiger partial charge in [0.2, 0.25) is 0 Å². The number of carbonyl (C=O) groups is 2. The van der Waals surface area contributed by atoms with E-state index in [2.05, 4.69) is 0 Å². The molecule has 2 aromatic carbocycles. The maximum absolute atomic E-state index is 12.0. The Hall–Kier alpha value is -4.39. The fourth-order valence-corrected chi connectivity index (χ4v) is 2.20.